The second kappa shape index (κ2) is 7.50. The lowest BCUT2D eigenvalue weighted by molar-refractivity contribution is 0.0455. The quantitative estimate of drug-likeness (QED) is 0.778. The van der Waals surface area contributed by atoms with Crippen molar-refractivity contribution in [2.75, 3.05) is 33.5 Å². The molecule has 0 unspecified atom stereocenters. The summed E-state index contributed by atoms with van der Waals surface area (Å²) >= 11 is 5.44. The van der Waals surface area contributed by atoms with Gasteiger partial charge in [-0.3, -0.25) is 0 Å². The van der Waals surface area contributed by atoms with Gasteiger partial charge in [0.05, 0.1) is 25.1 Å². The van der Waals surface area contributed by atoms with Crippen LogP contribution in [-0.2, 0) is 16.0 Å². The number of methoxy groups -OCH3 is 1. The summed E-state index contributed by atoms with van der Waals surface area (Å²) in [5.74, 6) is 0. The van der Waals surface area contributed by atoms with E-state index in [0.29, 0.717) is 5.25 Å². The zero-order valence-corrected chi connectivity index (χ0v) is 12.9. The minimum atomic E-state index is 0.608. The molecule has 2 rings (SSSR count). The third kappa shape index (κ3) is 4.24. The molecule has 1 heterocycles. The molecule has 5 heteroatoms. The number of halogens is 1. The lowest BCUT2D eigenvalue weighted by atomic mass is 10.2. The lowest BCUT2D eigenvalue weighted by Gasteiger charge is -2.26. The lowest BCUT2D eigenvalue weighted by Crippen LogP contribution is -2.30. The normalized spacial score (nSPS) is 15.7. The highest BCUT2D eigenvalue weighted by molar-refractivity contribution is 9.10. The summed E-state index contributed by atoms with van der Waals surface area (Å²) in [4.78, 5) is 1.34. The van der Waals surface area contributed by atoms with E-state index in [2.05, 4.69) is 39.4 Å². The van der Waals surface area contributed by atoms with Gasteiger partial charge in [0.25, 0.3) is 0 Å². The molecule has 0 atom stereocenters. The van der Waals surface area contributed by atoms with E-state index in [1.807, 2.05) is 11.8 Å². The minimum Gasteiger partial charge on any atom is -0.383 e. The van der Waals surface area contributed by atoms with Crippen LogP contribution in [0.1, 0.15) is 5.56 Å². The van der Waals surface area contributed by atoms with Crippen molar-refractivity contribution in [3.05, 3.63) is 28.2 Å². The van der Waals surface area contributed by atoms with Crippen molar-refractivity contribution in [3.63, 3.8) is 0 Å². The fourth-order valence-electron chi connectivity index (χ4n) is 1.64. The van der Waals surface area contributed by atoms with Crippen LogP contribution in [-0.4, -0.2) is 38.7 Å². The summed E-state index contributed by atoms with van der Waals surface area (Å²) < 4.78 is 11.4. The van der Waals surface area contributed by atoms with Gasteiger partial charge in [-0.2, -0.15) is 0 Å². The van der Waals surface area contributed by atoms with Gasteiger partial charge in [-0.1, -0.05) is 22.0 Å². The first-order valence-electron chi connectivity index (χ1n) is 6.02. The van der Waals surface area contributed by atoms with E-state index < -0.39 is 0 Å². The Balaban J connectivity index is 1.93. The molecule has 1 aromatic rings. The number of ether oxygens (including phenoxy) is 2. The van der Waals surface area contributed by atoms with Crippen molar-refractivity contribution in [1.29, 1.82) is 0 Å². The van der Waals surface area contributed by atoms with Gasteiger partial charge in [-0.05, 0) is 17.7 Å². The van der Waals surface area contributed by atoms with Crippen LogP contribution in [0.4, 0.5) is 0 Å². The second-order valence-corrected chi connectivity index (χ2v) is 6.46. The summed E-state index contributed by atoms with van der Waals surface area (Å²) in [7, 11) is 1.72. The number of nitrogens with one attached hydrogen (secondary N) is 1. The fraction of sp³-hybridized carbons (Fsp3) is 0.538. The molecule has 1 aliphatic heterocycles. The zero-order valence-electron chi connectivity index (χ0n) is 10.4. The zero-order chi connectivity index (χ0) is 12.8. The number of thioether (sulfide) groups is 1. The first kappa shape index (κ1) is 14.3. The molecule has 0 bridgehead atoms. The molecule has 1 aliphatic rings. The van der Waals surface area contributed by atoms with E-state index in [1.54, 1.807) is 7.11 Å². The molecular weight excluding hydrogens is 314 g/mol. The molecule has 3 nitrogen and oxygen atoms in total. The second-order valence-electron chi connectivity index (χ2n) is 4.20. The van der Waals surface area contributed by atoms with Crippen LogP contribution in [0.15, 0.2) is 27.6 Å². The van der Waals surface area contributed by atoms with Crippen LogP contribution >= 0.6 is 27.7 Å². The standard InChI is InChI=1S/C13H18BrNO2S/c1-16-5-4-15-7-10-2-3-11(14)6-13(10)18-12-8-17-9-12/h2-3,6,12,15H,4-5,7-9H2,1H3. The predicted octanol–water partition coefficient (Wildman–Crippen LogP) is 2.68. The maximum atomic E-state index is 5.23. The Bertz CT molecular complexity index is 385. The molecule has 0 amide bonds. The summed E-state index contributed by atoms with van der Waals surface area (Å²) in [5.41, 5.74) is 1.34. The minimum absolute atomic E-state index is 0.608. The van der Waals surface area contributed by atoms with Gasteiger partial charge in [-0.25, -0.2) is 0 Å². The topological polar surface area (TPSA) is 30.5 Å². The highest BCUT2D eigenvalue weighted by atomic mass is 79.9. The number of hydrogen-bond acceptors (Lipinski definition) is 4. The molecular formula is C13H18BrNO2S. The van der Waals surface area contributed by atoms with E-state index in [4.69, 9.17) is 9.47 Å². The molecule has 1 saturated heterocycles. The van der Waals surface area contributed by atoms with E-state index in [0.717, 1.165) is 37.4 Å². The van der Waals surface area contributed by atoms with Gasteiger partial charge in [0.15, 0.2) is 0 Å². The average Bonchev–Trinajstić information content (AvgIpc) is 2.31. The van der Waals surface area contributed by atoms with E-state index in [1.165, 1.54) is 10.5 Å². The Hall–Kier alpha value is -0.0700. The van der Waals surface area contributed by atoms with Gasteiger partial charge in [-0.15, -0.1) is 11.8 Å². The van der Waals surface area contributed by atoms with Gasteiger partial charge < -0.3 is 14.8 Å². The van der Waals surface area contributed by atoms with Crippen molar-refractivity contribution in [3.8, 4) is 0 Å². The molecule has 1 fully saturated rings. The first-order valence-corrected chi connectivity index (χ1v) is 7.69. The number of hydrogen-bond donors (Lipinski definition) is 1. The van der Waals surface area contributed by atoms with Crippen LogP contribution in [0.2, 0.25) is 0 Å². The van der Waals surface area contributed by atoms with Crippen molar-refractivity contribution < 1.29 is 9.47 Å². The monoisotopic (exact) mass is 331 g/mol. The molecule has 0 radical (unpaired) electrons. The summed E-state index contributed by atoms with van der Waals surface area (Å²) in [6, 6.07) is 6.46. The van der Waals surface area contributed by atoms with Crippen molar-refractivity contribution in [2.45, 2.75) is 16.7 Å². The largest absolute Gasteiger partial charge is 0.383 e. The smallest absolute Gasteiger partial charge is 0.0611 e. The van der Waals surface area contributed by atoms with Crippen LogP contribution in [0, 0.1) is 0 Å². The first-order chi connectivity index (χ1) is 8.79. The van der Waals surface area contributed by atoms with Gasteiger partial charge in [0.1, 0.15) is 0 Å². The highest BCUT2D eigenvalue weighted by Gasteiger charge is 2.20. The van der Waals surface area contributed by atoms with Crippen LogP contribution in [0.5, 0.6) is 0 Å². The fourth-order valence-corrected chi connectivity index (χ4v) is 3.33. The molecule has 1 N–H and O–H groups in total. The van der Waals surface area contributed by atoms with Crippen molar-refractivity contribution in [2.24, 2.45) is 0 Å². The Morgan fingerprint density at radius 1 is 1.50 bits per heavy atom. The van der Waals surface area contributed by atoms with E-state index >= 15 is 0 Å². The average molecular weight is 332 g/mol. The molecule has 1 aromatic carbocycles. The maximum Gasteiger partial charge on any atom is 0.0611 e. The maximum absolute atomic E-state index is 5.23. The van der Waals surface area contributed by atoms with Crippen molar-refractivity contribution >= 4 is 27.7 Å². The van der Waals surface area contributed by atoms with Gasteiger partial charge >= 0.3 is 0 Å². The number of rotatable bonds is 7. The summed E-state index contributed by atoms with van der Waals surface area (Å²) in [6.45, 7) is 4.24. The van der Waals surface area contributed by atoms with E-state index in [-0.39, 0.29) is 0 Å². The third-order valence-corrected chi connectivity index (χ3v) is 4.46. The molecule has 18 heavy (non-hydrogen) atoms. The molecule has 100 valence electrons. The van der Waals surface area contributed by atoms with Gasteiger partial charge in [0.2, 0.25) is 0 Å². The number of benzene rings is 1. The Kier molecular flexibility index (Phi) is 5.98. The predicted molar refractivity (Wildman–Crippen MR) is 78.2 cm³/mol. The molecule has 0 spiro atoms. The van der Waals surface area contributed by atoms with Crippen LogP contribution < -0.4 is 5.32 Å². The van der Waals surface area contributed by atoms with Crippen LogP contribution in [0.3, 0.4) is 0 Å². The van der Waals surface area contributed by atoms with E-state index in [9.17, 15) is 0 Å². The molecule has 0 saturated carbocycles. The Labute approximate surface area is 121 Å². The molecule has 0 aromatic heterocycles. The molecule has 0 aliphatic carbocycles. The summed E-state index contributed by atoms with van der Waals surface area (Å²) in [5, 5.41) is 4.00. The SMILES string of the molecule is COCCNCc1ccc(Br)cc1SC1COC1. The van der Waals surface area contributed by atoms with Gasteiger partial charge in [0, 0.05) is 29.6 Å². The summed E-state index contributed by atoms with van der Waals surface area (Å²) in [6.07, 6.45) is 0. The third-order valence-electron chi connectivity index (χ3n) is 2.73. The Morgan fingerprint density at radius 3 is 3.00 bits per heavy atom. The van der Waals surface area contributed by atoms with Crippen molar-refractivity contribution in [1.82, 2.24) is 5.32 Å². The van der Waals surface area contributed by atoms with Crippen LogP contribution in [0.25, 0.3) is 0 Å². The highest BCUT2D eigenvalue weighted by Crippen LogP contribution is 2.32. The Morgan fingerprint density at radius 2 is 2.33 bits per heavy atom.